The van der Waals surface area contributed by atoms with Crippen LogP contribution in [-0.4, -0.2) is 62.6 Å². The van der Waals surface area contributed by atoms with E-state index in [0.717, 1.165) is 49.2 Å². The van der Waals surface area contributed by atoms with Gasteiger partial charge in [-0.2, -0.15) is 24.4 Å². The Morgan fingerprint density at radius 2 is 0.971 bits per heavy atom. The van der Waals surface area contributed by atoms with E-state index in [9.17, 15) is 9.59 Å². The molecular weight excluding hydrogens is 907 g/mol. The Hall–Kier alpha value is -3.44. The van der Waals surface area contributed by atoms with Gasteiger partial charge in [0.2, 0.25) is 11.8 Å². The molecule has 0 fully saturated rings. The number of para-hydroxylation sites is 1. The van der Waals surface area contributed by atoms with Crippen LogP contribution in [0.4, 0.5) is 0 Å². The number of phenols is 1. The van der Waals surface area contributed by atoms with Gasteiger partial charge in [-0.25, -0.2) is 0 Å². The molecule has 0 aliphatic carbocycles. The van der Waals surface area contributed by atoms with Gasteiger partial charge in [0, 0.05) is 42.7 Å². The van der Waals surface area contributed by atoms with Crippen molar-refractivity contribution in [1.29, 1.82) is 0 Å². The highest BCUT2D eigenvalue weighted by Crippen LogP contribution is 2.17. The Morgan fingerprint density at radius 1 is 0.629 bits per heavy atom. The van der Waals surface area contributed by atoms with E-state index in [1.807, 2.05) is 57.7 Å². The Bertz CT molecular complexity index is 1470. The zero-order valence-electron chi connectivity index (χ0n) is 49.5. The van der Waals surface area contributed by atoms with Gasteiger partial charge in [-0.15, -0.1) is 0 Å². The largest absolute Gasteiger partial charge is 0.508 e. The van der Waals surface area contributed by atoms with Gasteiger partial charge in [0.15, 0.2) is 0 Å². The van der Waals surface area contributed by atoms with E-state index < -0.39 is 0 Å². The van der Waals surface area contributed by atoms with E-state index in [2.05, 4.69) is 174 Å². The minimum absolute atomic E-state index is 0.167. The van der Waals surface area contributed by atoms with Crippen LogP contribution in [0, 0.1) is 17.8 Å². The number of thioether (sulfide) groups is 1. The lowest BCUT2D eigenvalue weighted by molar-refractivity contribution is -0.118. The molecule has 0 unspecified atom stereocenters. The number of aryl methyl sites for hydroxylation is 3. The van der Waals surface area contributed by atoms with Crippen LogP contribution in [0.3, 0.4) is 0 Å². The van der Waals surface area contributed by atoms with E-state index in [0.29, 0.717) is 18.6 Å². The molecule has 8 N–H and O–H groups in total. The number of thiol groups is 1. The summed E-state index contributed by atoms with van der Waals surface area (Å²) in [6.45, 7) is 43.4. The summed E-state index contributed by atoms with van der Waals surface area (Å²) in [6.07, 6.45) is 13.1. The second kappa shape index (κ2) is 74.5. The van der Waals surface area contributed by atoms with Crippen molar-refractivity contribution in [2.45, 2.75) is 209 Å². The number of hydrogen-bond acceptors (Lipinski definition) is 7. The number of phenolic OH excluding ortho intramolecular Hbond substituents is 1. The number of rotatable bonds is 10. The molecule has 1 aromatic heterocycles. The number of aliphatic hydroxyl groups is 2. The molecule has 0 atom stereocenters. The molecule has 0 spiro atoms. The normalized spacial score (nSPS) is 8.76. The summed E-state index contributed by atoms with van der Waals surface area (Å²) in [5.41, 5.74) is 14.7. The second-order valence-electron chi connectivity index (χ2n) is 16.7. The number of primary amides is 2. The minimum Gasteiger partial charge on any atom is -0.508 e. The van der Waals surface area contributed by atoms with Crippen LogP contribution < -0.4 is 11.5 Å². The molecule has 3 aromatic carbocycles. The first-order valence-electron chi connectivity index (χ1n) is 26.3. The van der Waals surface area contributed by atoms with Crippen molar-refractivity contribution < 1.29 is 24.9 Å². The predicted octanol–water partition coefficient (Wildman–Crippen LogP) is 17.0. The van der Waals surface area contributed by atoms with E-state index in [-0.39, 0.29) is 24.5 Å². The molecule has 8 nitrogen and oxygen atoms in total. The van der Waals surface area contributed by atoms with Crippen LogP contribution in [0.25, 0.3) is 10.9 Å². The number of fused-ring (bicyclic) bond motifs is 1. The van der Waals surface area contributed by atoms with E-state index >= 15 is 0 Å². The van der Waals surface area contributed by atoms with Gasteiger partial charge in [-0.1, -0.05) is 198 Å². The lowest BCUT2D eigenvalue weighted by Gasteiger charge is -1.93. The van der Waals surface area contributed by atoms with Gasteiger partial charge in [0.05, 0.1) is 0 Å². The van der Waals surface area contributed by atoms with Crippen LogP contribution in [0.15, 0.2) is 85.1 Å². The molecule has 2 amide bonds. The fourth-order valence-corrected chi connectivity index (χ4v) is 3.73. The quantitative estimate of drug-likeness (QED) is 0.0782. The maximum atomic E-state index is 9.82. The lowest BCUT2D eigenvalue weighted by Crippen LogP contribution is -2.08. The zero-order valence-corrected chi connectivity index (χ0v) is 51.3. The minimum atomic E-state index is -0.245. The van der Waals surface area contributed by atoms with Crippen LogP contribution in [0.1, 0.15) is 201 Å². The van der Waals surface area contributed by atoms with E-state index in [1.54, 1.807) is 39.8 Å². The second-order valence-corrected chi connectivity index (χ2v) is 18.3. The Morgan fingerprint density at radius 3 is 1.20 bits per heavy atom. The molecule has 0 bridgehead atoms. The fourth-order valence-electron chi connectivity index (χ4n) is 3.32. The summed E-state index contributed by atoms with van der Waals surface area (Å²) < 4.78 is 0. The Kier molecular flexibility index (Phi) is 91.9. The molecule has 414 valence electrons. The highest BCUT2D eigenvalue weighted by atomic mass is 32.2. The SMILES string of the molecule is CC.CC(C)C.CC(C)O.CCC(C)C.CCC(C)C.CCC(N)=O.CCCC(N)=O.CCCSC.CCO.CCS.CCc1c[nH]c2ccccc12.CCc1ccc(O)cc1.CCc1ccccc1. The third-order valence-electron chi connectivity index (χ3n) is 7.54. The topological polar surface area (TPSA) is 163 Å². The standard InChI is InChI=1S/C10H11N.C8H10O.C8H10.2C5H12.C4H9NO.C4H10S.C4H10.C3H7NO.C3H8O.C2H6O.C2H6S.C2H6/c1-2-8-7-11-10-6-4-3-5-9(8)10;1-2-7-3-5-8(9)6-4-7;1-2-8-6-4-3-5-7-8;2*1-4-5(2)3;1-2-3-4(5)6;1-3-4-5-2;1-4(2)3;1-2-3(4)5;1-3(2)4;2*1-2-3;1-2/h3-7,11H,2H2,1H3;3-6,9H,2H2,1H3;3-7H,2H2,1H3;2*5H,4H2,1-3H3;2-3H2,1H3,(H2,5,6);3-4H2,1-2H3;4H,1-3H3;2H2,1H3,(H2,4,5);3-4H,1-2H3;2*3H,2H2,1H3;1-2H3. The number of nitrogens with two attached hydrogens (primary N) is 2. The molecule has 1 heterocycles. The number of carbonyl (C=O) groups excluding carboxylic acids is 2. The summed E-state index contributed by atoms with van der Waals surface area (Å²) in [7, 11) is 0. The molecule has 0 saturated heterocycles. The lowest BCUT2D eigenvalue weighted by atomic mass is 10.1. The molecule has 0 aliphatic heterocycles. The Balaban J connectivity index is -0.0000000845. The van der Waals surface area contributed by atoms with Crippen LogP contribution in [-0.2, 0) is 28.9 Å². The number of hydrogen-bond donors (Lipinski definition) is 7. The number of aromatic nitrogens is 1. The van der Waals surface area contributed by atoms with Crippen molar-refractivity contribution in [2.24, 2.45) is 29.2 Å². The Labute approximate surface area is 445 Å². The van der Waals surface area contributed by atoms with Crippen LogP contribution in [0.5, 0.6) is 5.75 Å². The van der Waals surface area contributed by atoms with Crippen molar-refractivity contribution in [3.05, 3.63) is 102 Å². The monoisotopic (exact) mass is 1020 g/mol. The average molecular weight is 1020 g/mol. The number of aliphatic hydroxyl groups excluding tert-OH is 2. The maximum absolute atomic E-state index is 9.82. The maximum Gasteiger partial charge on any atom is 0.217 e. The first kappa shape index (κ1) is 86.3. The molecule has 0 radical (unpaired) electrons. The molecule has 4 aromatic rings. The number of nitrogens with one attached hydrogen (secondary N) is 1. The molecular formula is C60H117N3O5S2. The number of H-pyrrole nitrogens is 1. The summed E-state index contributed by atoms with van der Waals surface area (Å²) in [5.74, 6) is 4.74. The average Bonchev–Trinajstić information content (AvgIpc) is 3.75. The molecule has 0 saturated carbocycles. The fraction of sp³-hybridized carbons (Fsp3) is 0.633. The van der Waals surface area contributed by atoms with Crippen molar-refractivity contribution in [3.63, 3.8) is 0 Å². The van der Waals surface area contributed by atoms with E-state index in [1.165, 1.54) is 52.6 Å². The van der Waals surface area contributed by atoms with Crippen molar-refractivity contribution in [1.82, 2.24) is 4.98 Å². The molecule has 10 heteroatoms. The zero-order chi connectivity index (χ0) is 56.7. The summed E-state index contributed by atoms with van der Waals surface area (Å²) in [6, 6.07) is 26.1. The molecule has 70 heavy (non-hydrogen) atoms. The predicted molar refractivity (Wildman–Crippen MR) is 325 cm³/mol. The number of carbonyl (C=O) groups is 2. The highest BCUT2D eigenvalue weighted by Gasteiger charge is 1.98. The van der Waals surface area contributed by atoms with Gasteiger partial charge in [-0.3, -0.25) is 9.59 Å². The number of aromatic hydroxyl groups is 1. The molecule has 4 rings (SSSR count). The van der Waals surface area contributed by atoms with E-state index in [4.69, 9.17) is 21.1 Å². The summed E-state index contributed by atoms with van der Waals surface area (Å²) in [5, 5.41) is 25.8. The van der Waals surface area contributed by atoms with Gasteiger partial charge in [0.25, 0.3) is 0 Å². The number of aromatic amines is 1. The smallest absolute Gasteiger partial charge is 0.217 e. The number of amides is 2. The highest BCUT2D eigenvalue weighted by molar-refractivity contribution is 7.98. The van der Waals surface area contributed by atoms with Crippen molar-refractivity contribution >= 4 is 47.1 Å². The van der Waals surface area contributed by atoms with Gasteiger partial charge < -0.3 is 31.8 Å². The van der Waals surface area contributed by atoms with Crippen molar-refractivity contribution in [2.75, 3.05) is 24.4 Å². The van der Waals surface area contributed by atoms with Crippen LogP contribution >= 0.6 is 24.4 Å². The number of benzene rings is 3. The van der Waals surface area contributed by atoms with Crippen LogP contribution in [0.2, 0.25) is 0 Å². The van der Waals surface area contributed by atoms with Gasteiger partial charge in [0.1, 0.15) is 5.75 Å². The third-order valence-corrected chi connectivity index (χ3v) is 8.35. The first-order chi connectivity index (χ1) is 33.0. The summed E-state index contributed by atoms with van der Waals surface area (Å²) in [4.78, 5) is 22.7. The molecule has 0 aliphatic rings. The van der Waals surface area contributed by atoms with Gasteiger partial charge in [-0.05, 0) is 123 Å². The first-order valence-corrected chi connectivity index (χ1v) is 28.3. The third kappa shape index (κ3) is 98.1. The van der Waals surface area contributed by atoms with Gasteiger partial charge >= 0.3 is 0 Å². The summed E-state index contributed by atoms with van der Waals surface area (Å²) >= 11 is 5.69. The van der Waals surface area contributed by atoms with Crippen molar-refractivity contribution in [3.8, 4) is 5.75 Å².